The van der Waals surface area contributed by atoms with Gasteiger partial charge in [-0.3, -0.25) is 4.79 Å². The smallest absolute Gasteiger partial charge is 0.356 e. The number of fused-ring (bicyclic) bond motifs is 1. The van der Waals surface area contributed by atoms with Crippen LogP contribution in [0.3, 0.4) is 0 Å². The maximum Gasteiger partial charge on any atom is 0.356 e. The highest BCUT2D eigenvalue weighted by molar-refractivity contribution is 6.11. The zero-order valence-corrected chi connectivity index (χ0v) is 15.8. The molecule has 0 radical (unpaired) electrons. The third-order valence-corrected chi connectivity index (χ3v) is 4.60. The number of carbonyl (C=O) groups is 2. The number of methoxy groups -OCH3 is 1. The number of nitrogens with one attached hydrogen (secondary N) is 1. The second kappa shape index (κ2) is 7.94. The topological polar surface area (TPSA) is 68.3 Å². The number of nitrogens with zero attached hydrogens (tertiary/aromatic N) is 1. The predicted octanol–water partition coefficient (Wildman–Crippen LogP) is 4.94. The van der Waals surface area contributed by atoms with Gasteiger partial charge in [0.05, 0.1) is 18.3 Å². The molecule has 0 bridgehead atoms. The lowest BCUT2D eigenvalue weighted by molar-refractivity contribution is 0.0594. The van der Waals surface area contributed by atoms with Gasteiger partial charge >= 0.3 is 5.97 Å². The summed E-state index contributed by atoms with van der Waals surface area (Å²) < 4.78 is 4.88. The van der Waals surface area contributed by atoms with Crippen LogP contribution in [0.25, 0.3) is 22.0 Å². The molecule has 1 aromatic heterocycles. The maximum absolute atomic E-state index is 12.7. The summed E-state index contributed by atoms with van der Waals surface area (Å²) in [5.41, 5.74) is 3.55. The van der Waals surface area contributed by atoms with Crippen LogP contribution in [-0.4, -0.2) is 24.0 Å². The molecule has 5 heteroatoms. The van der Waals surface area contributed by atoms with Crippen molar-refractivity contribution in [1.82, 2.24) is 4.98 Å². The summed E-state index contributed by atoms with van der Waals surface area (Å²) in [5, 5.41) is 3.74. The van der Waals surface area contributed by atoms with Gasteiger partial charge in [0.2, 0.25) is 0 Å². The summed E-state index contributed by atoms with van der Waals surface area (Å²) >= 11 is 0. The van der Waals surface area contributed by atoms with Gasteiger partial charge in [-0.25, -0.2) is 9.78 Å². The molecule has 1 amide bonds. The molecule has 0 aliphatic carbocycles. The van der Waals surface area contributed by atoms with Crippen molar-refractivity contribution in [3.8, 4) is 11.1 Å². The van der Waals surface area contributed by atoms with Crippen molar-refractivity contribution in [2.24, 2.45) is 0 Å². The van der Waals surface area contributed by atoms with Gasteiger partial charge in [-0.15, -0.1) is 0 Å². The molecule has 4 aromatic rings. The number of ether oxygens (including phenoxy) is 1. The van der Waals surface area contributed by atoms with E-state index in [0.29, 0.717) is 16.8 Å². The number of aromatic nitrogens is 1. The average molecular weight is 382 g/mol. The molecule has 0 aliphatic heterocycles. The molecule has 0 unspecified atom stereocenters. The summed E-state index contributed by atoms with van der Waals surface area (Å²) in [6.45, 7) is 0. The number of amides is 1. The van der Waals surface area contributed by atoms with Gasteiger partial charge in [0.15, 0.2) is 0 Å². The van der Waals surface area contributed by atoms with Crippen LogP contribution in [0.5, 0.6) is 0 Å². The van der Waals surface area contributed by atoms with Crippen molar-refractivity contribution < 1.29 is 14.3 Å². The highest BCUT2D eigenvalue weighted by Gasteiger charge is 2.17. The summed E-state index contributed by atoms with van der Waals surface area (Å²) in [5.74, 6) is -0.780. The normalized spacial score (nSPS) is 10.5. The number of pyridine rings is 1. The summed E-state index contributed by atoms with van der Waals surface area (Å²) in [7, 11) is 1.32. The average Bonchev–Trinajstić information content (AvgIpc) is 2.79. The fourth-order valence-corrected chi connectivity index (χ4v) is 3.20. The number of esters is 1. The van der Waals surface area contributed by atoms with Crippen molar-refractivity contribution in [2.75, 3.05) is 12.4 Å². The van der Waals surface area contributed by atoms with Gasteiger partial charge in [0.1, 0.15) is 5.69 Å². The zero-order valence-electron chi connectivity index (χ0n) is 15.8. The van der Waals surface area contributed by atoms with E-state index in [1.807, 2.05) is 48.5 Å². The van der Waals surface area contributed by atoms with Crippen LogP contribution in [0.4, 0.5) is 5.69 Å². The molecule has 0 saturated carbocycles. The molecule has 5 nitrogen and oxygen atoms in total. The van der Waals surface area contributed by atoms with E-state index in [4.69, 9.17) is 4.74 Å². The van der Waals surface area contributed by atoms with Gasteiger partial charge in [-0.1, -0.05) is 60.7 Å². The molecule has 0 fully saturated rings. The first kappa shape index (κ1) is 18.4. The standard InChI is InChI=1S/C24H18N2O3/c1-29-24(28)21-15-19(16-9-4-2-5-10-16)18-13-8-14-20(22(18)25-21)26-23(27)17-11-6-3-7-12-17/h2-15H,1H3,(H,26,27). The number of rotatable bonds is 4. The molecule has 3 aromatic carbocycles. The molecule has 0 aliphatic rings. The van der Waals surface area contributed by atoms with E-state index in [-0.39, 0.29) is 11.6 Å². The molecule has 0 atom stereocenters. The van der Waals surface area contributed by atoms with E-state index in [0.717, 1.165) is 16.5 Å². The first-order valence-corrected chi connectivity index (χ1v) is 9.11. The molecule has 4 rings (SSSR count). The second-order valence-electron chi connectivity index (χ2n) is 6.43. The number of para-hydroxylation sites is 1. The summed E-state index contributed by atoms with van der Waals surface area (Å²) in [6.07, 6.45) is 0. The zero-order chi connectivity index (χ0) is 20.2. The highest BCUT2D eigenvalue weighted by Crippen LogP contribution is 2.32. The van der Waals surface area contributed by atoms with Gasteiger partial charge in [-0.05, 0) is 35.4 Å². The first-order valence-electron chi connectivity index (χ1n) is 9.11. The van der Waals surface area contributed by atoms with E-state index < -0.39 is 5.97 Å². The number of hydrogen-bond donors (Lipinski definition) is 1. The highest BCUT2D eigenvalue weighted by atomic mass is 16.5. The Kier molecular flexibility index (Phi) is 5.03. The summed E-state index contributed by atoms with van der Waals surface area (Å²) in [6, 6.07) is 25.9. The van der Waals surface area contributed by atoms with E-state index in [2.05, 4.69) is 10.3 Å². The van der Waals surface area contributed by atoms with Gasteiger partial charge < -0.3 is 10.1 Å². The van der Waals surface area contributed by atoms with Crippen LogP contribution < -0.4 is 5.32 Å². The Bertz CT molecular complexity index is 1190. The van der Waals surface area contributed by atoms with Crippen LogP contribution in [0, 0.1) is 0 Å². The Labute approximate surface area is 168 Å². The Balaban J connectivity index is 1.88. The fraction of sp³-hybridized carbons (Fsp3) is 0.0417. The summed E-state index contributed by atoms with van der Waals surface area (Å²) in [4.78, 5) is 29.4. The third-order valence-electron chi connectivity index (χ3n) is 4.60. The lowest BCUT2D eigenvalue weighted by Crippen LogP contribution is -2.13. The maximum atomic E-state index is 12.7. The van der Waals surface area contributed by atoms with Crippen LogP contribution in [0.2, 0.25) is 0 Å². The van der Waals surface area contributed by atoms with E-state index in [9.17, 15) is 9.59 Å². The minimum atomic E-state index is -0.534. The fourth-order valence-electron chi connectivity index (χ4n) is 3.20. The molecular formula is C24H18N2O3. The second-order valence-corrected chi connectivity index (χ2v) is 6.43. The lowest BCUT2D eigenvalue weighted by atomic mass is 9.99. The first-order chi connectivity index (χ1) is 14.2. The molecule has 29 heavy (non-hydrogen) atoms. The van der Waals surface area contributed by atoms with Crippen molar-refractivity contribution in [3.05, 3.63) is 96.2 Å². The predicted molar refractivity (Wildman–Crippen MR) is 113 cm³/mol. The van der Waals surface area contributed by atoms with E-state index in [1.54, 1.807) is 36.4 Å². The SMILES string of the molecule is COC(=O)c1cc(-c2ccccc2)c2cccc(NC(=O)c3ccccc3)c2n1. The van der Waals surface area contributed by atoms with Crippen LogP contribution in [0.15, 0.2) is 84.9 Å². The molecule has 0 saturated heterocycles. The monoisotopic (exact) mass is 382 g/mol. The Morgan fingerprint density at radius 1 is 0.862 bits per heavy atom. The van der Waals surface area contributed by atoms with E-state index in [1.165, 1.54) is 7.11 Å². The van der Waals surface area contributed by atoms with Crippen LogP contribution >= 0.6 is 0 Å². The Morgan fingerprint density at radius 3 is 2.24 bits per heavy atom. The van der Waals surface area contributed by atoms with Gasteiger partial charge in [-0.2, -0.15) is 0 Å². The van der Waals surface area contributed by atoms with Crippen molar-refractivity contribution in [3.63, 3.8) is 0 Å². The van der Waals surface area contributed by atoms with Crippen LogP contribution in [-0.2, 0) is 4.74 Å². The van der Waals surface area contributed by atoms with Crippen molar-refractivity contribution in [1.29, 1.82) is 0 Å². The Morgan fingerprint density at radius 2 is 1.55 bits per heavy atom. The molecule has 0 spiro atoms. The van der Waals surface area contributed by atoms with E-state index >= 15 is 0 Å². The van der Waals surface area contributed by atoms with Crippen molar-refractivity contribution >= 4 is 28.5 Å². The number of benzene rings is 3. The van der Waals surface area contributed by atoms with Crippen molar-refractivity contribution in [2.45, 2.75) is 0 Å². The quantitative estimate of drug-likeness (QED) is 0.508. The van der Waals surface area contributed by atoms with Gasteiger partial charge in [0, 0.05) is 10.9 Å². The van der Waals surface area contributed by atoms with Crippen LogP contribution in [0.1, 0.15) is 20.8 Å². The van der Waals surface area contributed by atoms with Gasteiger partial charge in [0.25, 0.3) is 5.91 Å². The third kappa shape index (κ3) is 3.71. The number of anilines is 1. The number of carbonyl (C=O) groups excluding carboxylic acids is 2. The Hall–Kier alpha value is -3.99. The minimum absolute atomic E-state index is 0.181. The lowest BCUT2D eigenvalue weighted by Gasteiger charge is -2.13. The number of hydrogen-bond acceptors (Lipinski definition) is 4. The molecule has 1 N–H and O–H groups in total. The molecule has 1 heterocycles. The largest absolute Gasteiger partial charge is 0.464 e. The minimum Gasteiger partial charge on any atom is -0.464 e. The molecule has 142 valence electrons. The molecular weight excluding hydrogens is 364 g/mol.